The van der Waals surface area contributed by atoms with E-state index in [9.17, 15) is 4.79 Å². The fourth-order valence-electron chi connectivity index (χ4n) is 3.22. The molecule has 6 heteroatoms. The van der Waals surface area contributed by atoms with Crippen LogP contribution in [0.5, 0.6) is 5.75 Å². The monoisotopic (exact) mass is 334 g/mol. The van der Waals surface area contributed by atoms with E-state index in [2.05, 4.69) is 10.1 Å². The van der Waals surface area contributed by atoms with E-state index in [-0.39, 0.29) is 5.56 Å². The first-order valence-electron chi connectivity index (χ1n) is 8.03. The maximum atomic E-state index is 13.0. The van der Waals surface area contributed by atoms with E-state index in [1.807, 2.05) is 54.9 Å². The molecule has 126 valence electrons. The number of pyridine rings is 1. The van der Waals surface area contributed by atoms with Gasteiger partial charge in [-0.1, -0.05) is 6.07 Å². The summed E-state index contributed by atoms with van der Waals surface area (Å²) in [6.07, 6.45) is 1.75. The average molecular weight is 334 g/mol. The van der Waals surface area contributed by atoms with Crippen molar-refractivity contribution in [2.75, 3.05) is 7.11 Å². The maximum Gasteiger partial charge on any atom is 0.291 e. The first-order valence-corrected chi connectivity index (χ1v) is 8.03. The second-order valence-corrected chi connectivity index (χ2v) is 6.08. The molecule has 0 unspecified atom stereocenters. The minimum Gasteiger partial charge on any atom is -0.497 e. The first-order chi connectivity index (χ1) is 12.1. The van der Waals surface area contributed by atoms with Crippen molar-refractivity contribution in [1.82, 2.24) is 19.3 Å². The number of methoxy groups -OCH3 is 1. The van der Waals surface area contributed by atoms with Crippen LogP contribution in [0.1, 0.15) is 11.4 Å². The third kappa shape index (κ3) is 2.46. The number of rotatable bonds is 3. The Hall–Kier alpha value is -3.15. The minimum atomic E-state index is -0.126. The molecule has 0 aliphatic carbocycles. The summed E-state index contributed by atoms with van der Waals surface area (Å²) in [6, 6.07) is 11.6. The number of fused-ring (bicyclic) bond motifs is 3. The Morgan fingerprint density at radius 3 is 2.76 bits per heavy atom. The van der Waals surface area contributed by atoms with Crippen molar-refractivity contribution in [2.24, 2.45) is 7.05 Å². The van der Waals surface area contributed by atoms with Crippen molar-refractivity contribution in [3.8, 4) is 5.75 Å². The van der Waals surface area contributed by atoms with Crippen molar-refractivity contribution in [2.45, 2.75) is 13.5 Å². The molecular weight excluding hydrogens is 316 g/mol. The van der Waals surface area contributed by atoms with Gasteiger partial charge in [-0.2, -0.15) is 5.10 Å². The van der Waals surface area contributed by atoms with Crippen molar-refractivity contribution in [3.63, 3.8) is 0 Å². The second-order valence-electron chi connectivity index (χ2n) is 6.08. The highest BCUT2D eigenvalue weighted by Gasteiger charge is 2.15. The Morgan fingerprint density at radius 2 is 2.00 bits per heavy atom. The molecule has 0 amide bonds. The number of aromatic nitrogens is 4. The molecule has 0 radical (unpaired) electrons. The van der Waals surface area contributed by atoms with Crippen LogP contribution in [0.3, 0.4) is 0 Å². The van der Waals surface area contributed by atoms with E-state index in [1.54, 1.807) is 13.3 Å². The minimum absolute atomic E-state index is 0.126. The number of hydrogen-bond acceptors (Lipinski definition) is 4. The van der Waals surface area contributed by atoms with E-state index in [1.165, 1.54) is 4.68 Å². The molecule has 0 bridgehead atoms. The topological polar surface area (TPSA) is 61.9 Å². The van der Waals surface area contributed by atoms with Gasteiger partial charge in [0.05, 0.1) is 31.1 Å². The fraction of sp³-hybridized carbons (Fsp3) is 0.211. The molecule has 3 heterocycles. The highest BCUT2D eigenvalue weighted by atomic mass is 16.5. The van der Waals surface area contributed by atoms with Gasteiger partial charge in [-0.25, -0.2) is 4.68 Å². The molecule has 25 heavy (non-hydrogen) atoms. The van der Waals surface area contributed by atoms with Crippen LogP contribution in [0, 0.1) is 6.92 Å². The molecule has 4 aromatic rings. The zero-order valence-corrected chi connectivity index (χ0v) is 14.4. The fourth-order valence-corrected chi connectivity index (χ4v) is 3.22. The van der Waals surface area contributed by atoms with Crippen molar-refractivity contribution >= 4 is 21.8 Å². The van der Waals surface area contributed by atoms with Gasteiger partial charge in [0.15, 0.2) is 0 Å². The van der Waals surface area contributed by atoms with Gasteiger partial charge in [-0.05, 0) is 31.2 Å². The van der Waals surface area contributed by atoms with Crippen LogP contribution in [0.4, 0.5) is 0 Å². The highest BCUT2D eigenvalue weighted by molar-refractivity contribution is 6.07. The maximum absolute atomic E-state index is 13.0. The molecule has 3 aromatic heterocycles. The molecule has 0 saturated carbocycles. The Balaban J connectivity index is 1.91. The molecule has 0 spiro atoms. The van der Waals surface area contributed by atoms with Gasteiger partial charge in [-0.3, -0.25) is 9.78 Å². The zero-order chi connectivity index (χ0) is 17.6. The third-order valence-corrected chi connectivity index (χ3v) is 4.47. The van der Waals surface area contributed by atoms with Crippen LogP contribution < -0.4 is 10.3 Å². The summed E-state index contributed by atoms with van der Waals surface area (Å²) in [5, 5.41) is 6.19. The van der Waals surface area contributed by atoms with Gasteiger partial charge in [0, 0.05) is 29.6 Å². The lowest BCUT2D eigenvalue weighted by molar-refractivity contribution is 0.415. The molecule has 0 atom stereocenters. The number of benzene rings is 1. The molecule has 4 rings (SSSR count). The lowest BCUT2D eigenvalue weighted by Crippen LogP contribution is -2.24. The van der Waals surface area contributed by atoms with Crippen LogP contribution in [0.25, 0.3) is 21.8 Å². The highest BCUT2D eigenvalue weighted by Crippen LogP contribution is 2.28. The molecule has 0 aliphatic rings. The molecule has 1 aromatic carbocycles. The molecule has 0 N–H and O–H groups in total. The number of nitrogens with zero attached hydrogens (tertiary/aromatic N) is 4. The van der Waals surface area contributed by atoms with Crippen LogP contribution in [0.15, 0.2) is 47.4 Å². The predicted octanol–water partition coefficient (Wildman–Crippen LogP) is 2.65. The zero-order valence-electron chi connectivity index (χ0n) is 14.4. The van der Waals surface area contributed by atoms with Gasteiger partial charge >= 0.3 is 0 Å². The summed E-state index contributed by atoms with van der Waals surface area (Å²) >= 11 is 0. The number of ether oxygens (including phenoxy) is 1. The Morgan fingerprint density at radius 1 is 1.16 bits per heavy atom. The first kappa shape index (κ1) is 15.4. The molecule has 0 aliphatic heterocycles. The smallest absolute Gasteiger partial charge is 0.291 e. The van der Waals surface area contributed by atoms with E-state index < -0.39 is 0 Å². The standard InChI is InChI=1S/C19H18N4O2/c1-12-5-4-6-13(21-12)11-23-19(24)18-16(10-20-23)15-8-7-14(25-3)9-17(15)22(18)2/h4-10H,11H2,1-3H3. The molecule has 0 saturated heterocycles. The van der Waals surface area contributed by atoms with Gasteiger partial charge in [0.2, 0.25) is 0 Å². The summed E-state index contributed by atoms with van der Waals surface area (Å²) in [7, 11) is 3.52. The number of aryl methyl sites for hydroxylation is 2. The van der Waals surface area contributed by atoms with Crippen LogP contribution >= 0.6 is 0 Å². The molecule has 0 fully saturated rings. The van der Waals surface area contributed by atoms with Crippen LogP contribution in [-0.4, -0.2) is 26.4 Å². The van der Waals surface area contributed by atoms with Crippen molar-refractivity contribution in [3.05, 3.63) is 64.3 Å². The van der Waals surface area contributed by atoms with Gasteiger partial charge < -0.3 is 9.30 Å². The van der Waals surface area contributed by atoms with E-state index >= 15 is 0 Å². The predicted molar refractivity (Wildman–Crippen MR) is 97.1 cm³/mol. The van der Waals surface area contributed by atoms with E-state index in [4.69, 9.17) is 4.74 Å². The van der Waals surface area contributed by atoms with Gasteiger partial charge in [0.25, 0.3) is 5.56 Å². The Kier molecular flexibility index (Phi) is 3.53. The largest absolute Gasteiger partial charge is 0.497 e. The Bertz CT molecular complexity index is 1160. The summed E-state index contributed by atoms with van der Waals surface area (Å²) in [5.74, 6) is 0.760. The number of hydrogen-bond donors (Lipinski definition) is 0. The van der Waals surface area contributed by atoms with Gasteiger partial charge in [-0.15, -0.1) is 0 Å². The van der Waals surface area contributed by atoms with Crippen LogP contribution in [0.2, 0.25) is 0 Å². The summed E-state index contributed by atoms with van der Waals surface area (Å²) < 4.78 is 8.66. The van der Waals surface area contributed by atoms with Gasteiger partial charge in [0.1, 0.15) is 11.3 Å². The van der Waals surface area contributed by atoms with E-state index in [0.29, 0.717) is 12.1 Å². The quantitative estimate of drug-likeness (QED) is 0.578. The Labute approximate surface area is 144 Å². The second kappa shape index (κ2) is 5.73. The normalized spacial score (nSPS) is 11.3. The average Bonchev–Trinajstić information content (AvgIpc) is 2.90. The molecule has 6 nitrogen and oxygen atoms in total. The molecular formula is C19H18N4O2. The summed E-state index contributed by atoms with van der Waals surface area (Å²) in [4.78, 5) is 17.4. The lowest BCUT2D eigenvalue weighted by Gasteiger charge is -2.05. The SMILES string of the molecule is COc1ccc2c3cnn(Cc4cccc(C)n4)c(=O)c3n(C)c2c1. The summed E-state index contributed by atoms with van der Waals surface area (Å²) in [5.41, 5.74) is 3.18. The van der Waals surface area contributed by atoms with E-state index in [0.717, 1.165) is 33.4 Å². The summed E-state index contributed by atoms with van der Waals surface area (Å²) in [6.45, 7) is 2.28. The van der Waals surface area contributed by atoms with Crippen molar-refractivity contribution in [1.29, 1.82) is 0 Å². The van der Waals surface area contributed by atoms with Crippen molar-refractivity contribution < 1.29 is 4.74 Å². The lowest BCUT2D eigenvalue weighted by atomic mass is 10.2. The van der Waals surface area contributed by atoms with Crippen LogP contribution in [-0.2, 0) is 13.6 Å². The third-order valence-electron chi connectivity index (χ3n) is 4.47.